The average Bonchev–Trinajstić information content (AvgIpc) is 3.12. The number of urea groups is 1. The van der Waals surface area contributed by atoms with Crippen molar-refractivity contribution < 1.29 is 9.90 Å². The second kappa shape index (κ2) is 5.74. The number of nitrogens with one attached hydrogen (secondary N) is 2. The zero-order chi connectivity index (χ0) is 14.1. The first-order valence-electron chi connectivity index (χ1n) is 7.37. The zero-order valence-electron chi connectivity index (χ0n) is 11.8. The number of thiophene rings is 1. The molecule has 0 aromatic carbocycles. The van der Waals surface area contributed by atoms with Crippen molar-refractivity contribution in [2.24, 2.45) is 17.8 Å². The third-order valence-electron chi connectivity index (χ3n) is 4.97. The lowest BCUT2D eigenvalue weighted by Gasteiger charge is -2.30. The molecule has 0 spiro atoms. The Hall–Kier alpha value is -1.07. The van der Waals surface area contributed by atoms with Crippen molar-refractivity contribution in [2.75, 3.05) is 6.61 Å². The molecule has 2 saturated carbocycles. The fraction of sp³-hybridized carbons (Fsp3) is 0.667. The third-order valence-corrected chi connectivity index (χ3v) is 6.00. The van der Waals surface area contributed by atoms with E-state index in [1.54, 1.807) is 11.3 Å². The van der Waals surface area contributed by atoms with Gasteiger partial charge in [-0.15, -0.1) is 11.3 Å². The number of carbonyl (C=O) groups is 1. The van der Waals surface area contributed by atoms with Gasteiger partial charge >= 0.3 is 6.03 Å². The third kappa shape index (κ3) is 2.56. The smallest absolute Gasteiger partial charge is 0.315 e. The van der Waals surface area contributed by atoms with E-state index in [0.717, 1.165) is 0 Å². The highest BCUT2D eigenvalue weighted by Gasteiger charge is 2.47. The fourth-order valence-electron chi connectivity index (χ4n) is 3.85. The van der Waals surface area contributed by atoms with Crippen LogP contribution in [0.15, 0.2) is 11.4 Å². The van der Waals surface area contributed by atoms with Gasteiger partial charge in [0.25, 0.3) is 0 Å². The minimum atomic E-state index is -0.103. The van der Waals surface area contributed by atoms with Crippen LogP contribution in [0.1, 0.15) is 29.7 Å². The van der Waals surface area contributed by atoms with Crippen LogP contribution in [0.4, 0.5) is 4.79 Å². The van der Waals surface area contributed by atoms with Crippen LogP contribution in [-0.4, -0.2) is 23.8 Å². The van der Waals surface area contributed by atoms with E-state index < -0.39 is 0 Å². The predicted molar refractivity (Wildman–Crippen MR) is 79.6 cm³/mol. The van der Waals surface area contributed by atoms with Gasteiger partial charge in [0, 0.05) is 23.4 Å². The lowest BCUT2D eigenvalue weighted by molar-refractivity contribution is 0.144. The Morgan fingerprint density at radius 1 is 1.45 bits per heavy atom. The molecule has 1 aromatic rings. The number of amides is 2. The molecule has 4 nitrogen and oxygen atoms in total. The number of aryl methyl sites for hydroxylation is 1. The first kappa shape index (κ1) is 13.9. The quantitative estimate of drug-likeness (QED) is 0.797. The molecule has 2 bridgehead atoms. The molecule has 0 radical (unpaired) electrons. The molecule has 1 aromatic heterocycles. The van der Waals surface area contributed by atoms with Gasteiger partial charge in [-0.1, -0.05) is 0 Å². The number of carbonyl (C=O) groups excluding carboxylic acids is 1. The molecule has 0 saturated heterocycles. The Morgan fingerprint density at radius 3 is 2.95 bits per heavy atom. The van der Waals surface area contributed by atoms with Gasteiger partial charge in [-0.05, 0) is 55.0 Å². The molecule has 2 aliphatic carbocycles. The molecule has 110 valence electrons. The van der Waals surface area contributed by atoms with Crippen molar-refractivity contribution in [3.63, 3.8) is 0 Å². The Morgan fingerprint density at radius 2 is 2.25 bits per heavy atom. The maximum absolute atomic E-state index is 12.0. The molecular formula is C15H22N2O2S. The van der Waals surface area contributed by atoms with Crippen LogP contribution in [-0.2, 0) is 6.54 Å². The molecule has 2 aliphatic rings. The highest BCUT2D eigenvalue weighted by atomic mass is 32.1. The largest absolute Gasteiger partial charge is 0.396 e. The standard InChI is InChI=1S/C15H22N2O2S/c1-9-4-5-20-13(9)7-16-15(19)17-14-11-3-2-10(6-11)12(14)8-18/h4-5,10-12,14,18H,2-3,6-8H2,1H3,(H2,16,17,19). The summed E-state index contributed by atoms with van der Waals surface area (Å²) >= 11 is 1.67. The van der Waals surface area contributed by atoms with Crippen LogP contribution in [0.2, 0.25) is 0 Å². The van der Waals surface area contributed by atoms with Crippen molar-refractivity contribution in [1.82, 2.24) is 10.6 Å². The monoisotopic (exact) mass is 294 g/mol. The van der Waals surface area contributed by atoms with Crippen molar-refractivity contribution in [3.05, 3.63) is 21.9 Å². The van der Waals surface area contributed by atoms with Crippen LogP contribution >= 0.6 is 11.3 Å². The van der Waals surface area contributed by atoms with Gasteiger partial charge in [0.1, 0.15) is 0 Å². The summed E-state index contributed by atoms with van der Waals surface area (Å²) in [5, 5.41) is 17.6. The summed E-state index contributed by atoms with van der Waals surface area (Å²) in [5.41, 5.74) is 1.23. The first-order valence-corrected chi connectivity index (χ1v) is 8.25. The number of rotatable bonds is 4. The van der Waals surface area contributed by atoms with E-state index >= 15 is 0 Å². The molecule has 2 amide bonds. The van der Waals surface area contributed by atoms with E-state index in [0.29, 0.717) is 18.4 Å². The lowest BCUT2D eigenvalue weighted by atomic mass is 9.85. The van der Waals surface area contributed by atoms with E-state index in [-0.39, 0.29) is 24.6 Å². The number of fused-ring (bicyclic) bond motifs is 2. The number of hydrogen-bond acceptors (Lipinski definition) is 3. The second-order valence-electron chi connectivity index (χ2n) is 6.06. The fourth-order valence-corrected chi connectivity index (χ4v) is 4.69. The molecule has 4 atom stereocenters. The maximum atomic E-state index is 12.0. The summed E-state index contributed by atoms with van der Waals surface area (Å²) in [5.74, 6) is 1.42. The molecule has 2 fully saturated rings. The highest BCUT2D eigenvalue weighted by Crippen LogP contribution is 2.48. The molecule has 3 rings (SSSR count). The predicted octanol–water partition coefficient (Wildman–Crippen LogP) is 2.26. The number of aliphatic hydroxyl groups excluding tert-OH is 1. The summed E-state index contributed by atoms with van der Waals surface area (Å²) in [6, 6.07) is 2.12. The van der Waals surface area contributed by atoms with Gasteiger partial charge in [0.2, 0.25) is 0 Å². The minimum Gasteiger partial charge on any atom is -0.396 e. The molecule has 0 aliphatic heterocycles. The summed E-state index contributed by atoms with van der Waals surface area (Å²) in [6.45, 7) is 2.83. The van der Waals surface area contributed by atoms with Gasteiger partial charge in [-0.2, -0.15) is 0 Å². The molecule has 3 N–H and O–H groups in total. The van der Waals surface area contributed by atoms with Crippen LogP contribution in [0.25, 0.3) is 0 Å². The molecule has 1 heterocycles. The van der Waals surface area contributed by atoms with Crippen LogP contribution in [0.3, 0.4) is 0 Å². The van der Waals surface area contributed by atoms with Gasteiger partial charge < -0.3 is 15.7 Å². The van der Waals surface area contributed by atoms with E-state index in [9.17, 15) is 9.90 Å². The van der Waals surface area contributed by atoms with Gasteiger partial charge in [0.15, 0.2) is 0 Å². The maximum Gasteiger partial charge on any atom is 0.315 e. The Bertz CT molecular complexity index is 488. The normalized spacial score (nSPS) is 31.5. The van der Waals surface area contributed by atoms with Crippen molar-refractivity contribution in [1.29, 1.82) is 0 Å². The number of hydrogen-bond donors (Lipinski definition) is 3. The van der Waals surface area contributed by atoms with E-state index in [1.165, 1.54) is 29.7 Å². The van der Waals surface area contributed by atoms with Crippen molar-refractivity contribution in [2.45, 2.75) is 38.8 Å². The zero-order valence-corrected chi connectivity index (χ0v) is 12.6. The Kier molecular flexibility index (Phi) is 3.98. The molecule has 5 heteroatoms. The Labute approximate surface area is 123 Å². The highest BCUT2D eigenvalue weighted by molar-refractivity contribution is 7.10. The summed E-state index contributed by atoms with van der Waals surface area (Å²) in [6.07, 6.45) is 3.57. The van der Waals surface area contributed by atoms with Crippen LogP contribution in [0, 0.1) is 24.7 Å². The average molecular weight is 294 g/mol. The van der Waals surface area contributed by atoms with Crippen molar-refractivity contribution >= 4 is 17.4 Å². The topological polar surface area (TPSA) is 61.4 Å². The van der Waals surface area contributed by atoms with E-state index in [1.807, 2.05) is 5.38 Å². The van der Waals surface area contributed by atoms with Gasteiger partial charge in [-0.25, -0.2) is 4.79 Å². The summed E-state index contributed by atoms with van der Waals surface area (Å²) in [7, 11) is 0. The summed E-state index contributed by atoms with van der Waals surface area (Å²) in [4.78, 5) is 13.2. The molecular weight excluding hydrogens is 272 g/mol. The molecule has 20 heavy (non-hydrogen) atoms. The SMILES string of the molecule is Cc1ccsc1CNC(=O)NC1C2CCC(C2)C1CO. The van der Waals surface area contributed by atoms with Crippen LogP contribution < -0.4 is 10.6 Å². The summed E-state index contributed by atoms with van der Waals surface area (Å²) < 4.78 is 0. The first-order chi connectivity index (χ1) is 9.69. The molecule has 4 unspecified atom stereocenters. The Balaban J connectivity index is 1.53. The number of aliphatic hydroxyl groups is 1. The van der Waals surface area contributed by atoms with Crippen LogP contribution in [0.5, 0.6) is 0 Å². The minimum absolute atomic E-state index is 0.103. The van der Waals surface area contributed by atoms with E-state index in [2.05, 4.69) is 23.6 Å². The van der Waals surface area contributed by atoms with Gasteiger partial charge in [-0.3, -0.25) is 0 Å². The van der Waals surface area contributed by atoms with E-state index in [4.69, 9.17) is 0 Å². The lowest BCUT2D eigenvalue weighted by Crippen LogP contribution is -2.48. The van der Waals surface area contributed by atoms with Crippen molar-refractivity contribution in [3.8, 4) is 0 Å². The second-order valence-corrected chi connectivity index (χ2v) is 7.06. The van der Waals surface area contributed by atoms with Gasteiger partial charge in [0.05, 0.1) is 6.54 Å².